The molecule has 0 bridgehead atoms. The number of fused-ring (bicyclic) bond motifs is 1. The van der Waals surface area contributed by atoms with Gasteiger partial charge in [0, 0.05) is 22.8 Å². The highest BCUT2D eigenvalue weighted by Gasteiger charge is 2.56. The Balaban J connectivity index is 1.53. The Morgan fingerprint density at radius 3 is 2.47 bits per heavy atom. The van der Waals surface area contributed by atoms with Gasteiger partial charge in [-0.3, -0.25) is 9.79 Å². The molecule has 3 atom stereocenters. The number of ether oxygens (including phenoxy) is 1. The monoisotopic (exact) mass is 513 g/mol. The van der Waals surface area contributed by atoms with Crippen molar-refractivity contribution in [2.45, 2.75) is 57.0 Å². The number of Topliss-reactive ketones (excluding diaryl/α,β-unsaturated/α-hetero) is 1. The van der Waals surface area contributed by atoms with Gasteiger partial charge < -0.3 is 14.0 Å². The third-order valence-corrected chi connectivity index (χ3v) is 8.97. The van der Waals surface area contributed by atoms with E-state index in [4.69, 9.17) is 19.0 Å². The first-order valence-corrected chi connectivity index (χ1v) is 13.2. The van der Waals surface area contributed by atoms with E-state index in [-0.39, 0.29) is 24.7 Å². The van der Waals surface area contributed by atoms with Crippen LogP contribution >= 0.6 is 11.8 Å². The average molecular weight is 513 g/mol. The molecule has 3 heterocycles. The van der Waals surface area contributed by atoms with Crippen LogP contribution < -0.4 is 5.46 Å². The lowest BCUT2D eigenvalue weighted by Gasteiger charge is -2.36. The van der Waals surface area contributed by atoms with Crippen LogP contribution in [0.2, 0.25) is 0 Å². The van der Waals surface area contributed by atoms with Crippen LogP contribution in [0.4, 0.5) is 8.78 Å². The quantitative estimate of drug-likeness (QED) is 0.413. The Hall–Kier alpha value is -2.07. The molecule has 0 aliphatic carbocycles. The molecule has 9 heteroatoms. The zero-order chi connectivity index (χ0) is 25.7. The number of aliphatic imine (C=N–C) groups is 1. The van der Waals surface area contributed by atoms with Gasteiger partial charge in [-0.25, -0.2) is 8.78 Å². The van der Waals surface area contributed by atoms with E-state index in [2.05, 4.69) is 0 Å². The number of carbonyl (C=O) groups is 1. The number of benzene rings is 2. The molecule has 2 aromatic rings. The largest absolute Gasteiger partial charge is 0.494 e. The van der Waals surface area contributed by atoms with E-state index in [0.717, 1.165) is 0 Å². The van der Waals surface area contributed by atoms with Gasteiger partial charge in [-0.15, -0.1) is 11.8 Å². The Kier molecular flexibility index (Phi) is 6.64. The molecular formula is C27H30BF2NO4S. The second-order valence-corrected chi connectivity index (χ2v) is 11.7. The second kappa shape index (κ2) is 9.35. The molecule has 0 saturated carbocycles. The highest BCUT2D eigenvalue weighted by atomic mass is 32.2. The van der Waals surface area contributed by atoms with Crippen molar-refractivity contribution in [2.75, 3.05) is 19.0 Å². The molecule has 0 spiro atoms. The van der Waals surface area contributed by atoms with Gasteiger partial charge in [0.2, 0.25) is 0 Å². The summed E-state index contributed by atoms with van der Waals surface area (Å²) in [5.74, 6) is -0.405. The summed E-state index contributed by atoms with van der Waals surface area (Å²) < 4.78 is 47.6. The van der Waals surface area contributed by atoms with Gasteiger partial charge in [0.15, 0.2) is 5.78 Å². The number of halogens is 2. The molecule has 36 heavy (non-hydrogen) atoms. The normalized spacial score (nSPS) is 28.6. The van der Waals surface area contributed by atoms with Gasteiger partial charge in [0.1, 0.15) is 18.0 Å². The Morgan fingerprint density at radius 1 is 1.11 bits per heavy atom. The summed E-state index contributed by atoms with van der Waals surface area (Å²) in [5, 5.41) is 0.601. The van der Waals surface area contributed by atoms with Crippen LogP contribution in [0.5, 0.6) is 0 Å². The molecule has 2 aromatic carbocycles. The highest BCUT2D eigenvalue weighted by Crippen LogP contribution is 2.49. The fourth-order valence-electron chi connectivity index (χ4n) is 5.01. The lowest BCUT2D eigenvalue weighted by Crippen LogP contribution is -2.43. The van der Waals surface area contributed by atoms with Crippen molar-refractivity contribution >= 4 is 35.2 Å². The van der Waals surface area contributed by atoms with Crippen molar-refractivity contribution < 1.29 is 27.6 Å². The van der Waals surface area contributed by atoms with Crippen molar-refractivity contribution in [3.8, 4) is 0 Å². The van der Waals surface area contributed by atoms with Crippen molar-refractivity contribution in [3.63, 3.8) is 0 Å². The average Bonchev–Trinajstić information content (AvgIpc) is 3.33. The Morgan fingerprint density at radius 2 is 1.81 bits per heavy atom. The van der Waals surface area contributed by atoms with Gasteiger partial charge >= 0.3 is 7.12 Å². The van der Waals surface area contributed by atoms with Crippen molar-refractivity contribution in [1.82, 2.24) is 0 Å². The lowest BCUT2D eigenvalue weighted by molar-refractivity contribution is 0.00578. The van der Waals surface area contributed by atoms with Gasteiger partial charge in [-0.05, 0) is 39.2 Å². The van der Waals surface area contributed by atoms with E-state index in [1.54, 1.807) is 24.3 Å². The molecule has 2 saturated heterocycles. The summed E-state index contributed by atoms with van der Waals surface area (Å²) >= 11 is 1.42. The van der Waals surface area contributed by atoms with Crippen molar-refractivity contribution in [3.05, 3.63) is 65.5 Å². The molecule has 3 aliphatic rings. The number of nitrogens with zero attached hydrogens (tertiary/aromatic N) is 1. The van der Waals surface area contributed by atoms with Crippen molar-refractivity contribution in [2.24, 2.45) is 10.9 Å². The van der Waals surface area contributed by atoms with Crippen molar-refractivity contribution in [1.29, 1.82) is 0 Å². The maximum absolute atomic E-state index is 15.5. The van der Waals surface area contributed by atoms with Gasteiger partial charge in [-0.2, -0.15) is 0 Å². The molecule has 0 radical (unpaired) electrons. The molecule has 190 valence electrons. The third-order valence-electron chi connectivity index (χ3n) is 7.88. The summed E-state index contributed by atoms with van der Waals surface area (Å²) in [4.78, 5) is 17.8. The second-order valence-electron chi connectivity index (χ2n) is 10.6. The van der Waals surface area contributed by atoms with Crippen LogP contribution in [0.15, 0.2) is 53.5 Å². The van der Waals surface area contributed by atoms with Crippen LogP contribution in [0.1, 0.15) is 50.0 Å². The zero-order valence-electron chi connectivity index (χ0n) is 20.9. The highest BCUT2D eigenvalue weighted by molar-refractivity contribution is 8.14. The molecule has 3 aliphatic heterocycles. The van der Waals surface area contributed by atoms with E-state index in [0.29, 0.717) is 27.4 Å². The predicted molar refractivity (Wildman–Crippen MR) is 138 cm³/mol. The van der Waals surface area contributed by atoms with Gasteiger partial charge in [0.05, 0.1) is 35.4 Å². The number of rotatable bonds is 6. The maximum Gasteiger partial charge on any atom is 0.494 e. The van der Waals surface area contributed by atoms with Crippen LogP contribution in [0.3, 0.4) is 0 Å². The molecule has 0 N–H and O–H groups in total. The number of carbonyl (C=O) groups excluding carboxylic acids is 1. The zero-order valence-corrected chi connectivity index (χ0v) is 21.7. The molecule has 5 rings (SSSR count). The summed E-state index contributed by atoms with van der Waals surface area (Å²) in [5.41, 5.74) is -0.646. The van der Waals surface area contributed by atoms with E-state index in [1.807, 2.05) is 45.9 Å². The minimum Gasteiger partial charge on any atom is -0.399 e. The predicted octanol–water partition coefficient (Wildman–Crippen LogP) is 4.72. The van der Waals surface area contributed by atoms with E-state index in [1.165, 1.54) is 17.8 Å². The molecule has 5 nitrogen and oxygen atoms in total. The first-order chi connectivity index (χ1) is 17.1. The summed E-state index contributed by atoms with van der Waals surface area (Å²) in [6, 6.07) is 13.8. The standard InChI is InChI=1S/C27H30BF2NO4S/c1-25(2)26(3,4)35-28(34-25)18-10-11-21(30)19(12-18)27-16-33-23(14-29)20(27)15-36-24(31-27)13-22(32)17-8-6-5-7-9-17/h5-12,20,23H,13-16H2,1-4H3/t20-,23-,27-/m1/s1. The fraction of sp³-hybridized carbons (Fsp3) is 0.481. The third kappa shape index (κ3) is 4.34. The molecule has 0 amide bonds. The first kappa shape index (κ1) is 25.6. The topological polar surface area (TPSA) is 57.1 Å². The fourth-order valence-corrected chi connectivity index (χ4v) is 6.33. The number of hydrogen-bond acceptors (Lipinski definition) is 6. The SMILES string of the molecule is CC1(C)OB(c2ccc(F)c([C@]34CO[C@H](CF)[C@H]3CSC(CC(=O)c3ccccc3)=N4)c2)OC1(C)C. The van der Waals surface area contributed by atoms with Gasteiger partial charge in [-0.1, -0.05) is 42.5 Å². The summed E-state index contributed by atoms with van der Waals surface area (Å²) in [7, 11) is -0.676. The number of alkyl halides is 1. The summed E-state index contributed by atoms with van der Waals surface area (Å²) in [6.45, 7) is 7.20. The molecule has 0 aromatic heterocycles. The van der Waals surface area contributed by atoms with Gasteiger partial charge in [0.25, 0.3) is 0 Å². The Labute approximate surface area is 215 Å². The van der Waals surface area contributed by atoms with E-state index >= 15 is 4.39 Å². The lowest BCUT2D eigenvalue weighted by atomic mass is 9.73. The Bertz CT molecular complexity index is 1180. The number of ketones is 1. The van der Waals surface area contributed by atoms with Crippen LogP contribution in [-0.4, -0.2) is 54.3 Å². The number of hydrogen-bond donors (Lipinski definition) is 0. The van der Waals surface area contributed by atoms with Crippen LogP contribution in [0.25, 0.3) is 0 Å². The molecule has 2 fully saturated rings. The first-order valence-electron chi connectivity index (χ1n) is 12.2. The van der Waals surface area contributed by atoms with Crippen LogP contribution in [-0.2, 0) is 19.6 Å². The molecular weight excluding hydrogens is 483 g/mol. The number of thioether (sulfide) groups is 1. The minimum absolute atomic E-state index is 0.0413. The minimum atomic E-state index is -1.13. The smallest absolute Gasteiger partial charge is 0.399 e. The molecule has 0 unspecified atom stereocenters. The van der Waals surface area contributed by atoms with E-state index < -0.39 is 42.5 Å². The van der Waals surface area contributed by atoms with E-state index in [9.17, 15) is 9.18 Å². The maximum atomic E-state index is 15.5. The van der Waals surface area contributed by atoms with Crippen LogP contribution in [0, 0.1) is 11.7 Å². The summed E-state index contributed by atoms with van der Waals surface area (Å²) in [6.07, 6.45) is -0.588.